The maximum atomic E-state index is 11.6. The van der Waals surface area contributed by atoms with E-state index >= 15 is 0 Å². The Morgan fingerprint density at radius 3 is 2.61 bits per heavy atom. The number of aryl methyl sites for hydroxylation is 1. The molecule has 0 unspecified atom stereocenters. The van der Waals surface area contributed by atoms with Crippen LogP contribution in [0.3, 0.4) is 0 Å². The number of rotatable bonds is 10. The standard InChI is InChI=1S/C14H19N3O6/c18-12(15-8-3-5-14(20)21)4-1-2-9-16-10-11(17(22)23)6-7-13(16)19/h6-7,10H,1-5,8-9H2,(H,15,18)(H,20,21). The first kappa shape index (κ1) is 18.3. The number of carbonyl (C=O) groups is 2. The van der Waals surface area contributed by atoms with E-state index in [0.29, 0.717) is 32.4 Å². The van der Waals surface area contributed by atoms with Gasteiger partial charge >= 0.3 is 5.97 Å². The van der Waals surface area contributed by atoms with Gasteiger partial charge in [-0.25, -0.2) is 0 Å². The van der Waals surface area contributed by atoms with E-state index in [1.165, 1.54) is 10.8 Å². The summed E-state index contributed by atoms with van der Waals surface area (Å²) >= 11 is 0. The van der Waals surface area contributed by atoms with Crippen LogP contribution in [0.15, 0.2) is 23.1 Å². The van der Waals surface area contributed by atoms with Crippen molar-refractivity contribution >= 4 is 17.6 Å². The summed E-state index contributed by atoms with van der Waals surface area (Å²) in [5, 5.41) is 21.7. The largest absolute Gasteiger partial charge is 0.481 e. The first-order valence-corrected chi connectivity index (χ1v) is 7.23. The minimum Gasteiger partial charge on any atom is -0.481 e. The summed E-state index contributed by atoms with van der Waals surface area (Å²) < 4.78 is 1.25. The van der Waals surface area contributed by atoms with E-state index in [2.05, 4.69) is 5.32 Å². The summed E-state index contributed by atoms with van der Waals surface area (Å²) in [6, 6.07) is 2.30. The number of aromatic nitrogens is 1. The van der Waals surface area contributed by atoms with Gasteiger partial charge in [0.05, 0.1) is 11.1 Å². The average molecular weight is 325 g/mol. The van der Waals surface area contributed by atoms with Crippen LogP contribution in [-0.4, -0.2) is 33.0 Å². The second kappa shape index (κ2) is 9.34. The fraction of sp³-hybridized carbons (Fsp3) is 0.500. The van der Waals surface area contributed by atoms with Crippen LogP contribution in [-0.2, 0) is 16.1 Å². The molecule has 9 nitrogen and oxygen atoms in total. The molecule has 0 bridgehead atoms. The summed E-state index contributed by atoms with van der Waals surface area (Å²) in [7, 11) is 0. The molecular formula is C14H19N3O6. The van der Waals surface area contributed by atoms with Gasteiger partial charge in [-0.1, -0.05) is 0 Å². The lowest BCUT2D eigenvalue weighted by Crippen LogP contribution is -2.24. The van der Waals surface area contributed by atoms with Gasteiger partial charge in [-0.3, -0.25) is 24.5 Å². The fourth-order valence-corrected chi connectivity index (χ4v) is 1.92. The summed E-state index contributed by atoms with van der Waals surface area (Å²) in [4.78, 5) is 43.4. The van der Waals surface area contributed by atoms with Crippen LogP contribution in [0.25, 0.3) is 0 Å². The Bertz CT molecular complexity index is 625. The van der Waals surface area contributed by atoms with Crippen molar-refractivity contribution in [2.75, 3.05) is 6.54 Å². The van der Waals surface area contributed by atoms with Gasteiger partial charge < -0.3 is 15.0 Å². The van der Waals surface area contributed by atoms with Gasteiger partial charge in [-0.2, -0.15) is 0 Å². The Hall–Kier alpha value is -2.71. The number of nitro groups is 1. The monoisotopic (exact) mass is 325 g/mol. The van der Waals surface area contributed by atoms with Crippen molar-refractivity contribution < 1.29 is 19.6 Å². The second-order valence-electron chi connectivity index (χ2n) is 4.98. The smallest absolute Gasteiger partial charge is 0.303 e. The number of carboxylic acids is 1. The molecule has 1 aromatic rings. The number of pyridine rings is 1. The van der Waals surface area contributed by atoms with Crippen LogP contribution in [0.2, 0.25) is 0 Å². The second-order valence-corrected chi connectivity index (χ2v) is 4.98. The van der Waals surface area contributed by atoms with Gasteiger partial charge in [-0.05, 0) is 19.3 Å². The SMILES string of the molecule is O=C(O)CCCNC(=O)CCCCn1cc([N+](=O)[O-])ccc1=O. The van der Waals surface area contributed by atoms with Crippen molar-refractivity contribution in [3.8, 4) is 0 Å². The molecule has 0 radical (unpaired) electrons. The molecule has 1 aromatic heterocycles. The number of nitrogens with zero attached hydrogens (tertiary/aromatic N) is 2. The van der Waals surface area contributed by atoms with E-state index in [9.17, 15) is 24.5 Å². The normalized spacial score (nSPS) is 10.3. The Kier molecular flexibility index (Phi) is 7.44. The van der Waals surface area contributed by atoms with Gasteiger partial charge in [-0.15, -0.1) is 0 Å². The summed E-state index contributed by atoms with van der Waals surface area (Å²) in [5.41, 5.74) is -0.477. The van der Waals surface area contributed by atoms with E-state index < -0.39 is 10.9 Å². The van der Waals surface area contributed by atoms with Crippen LogP contribution < -0.4 is 10.9 Å². The molecule has 0 aliphatic carbocycles. The molecule has 0 aromatic carbocycles. The minimum absolute atomic E-state index is 0.00990. The van der Waals surface area contributed by atoms with Crippen molar-refractivity contribution in [2.45, 2.75) is 38.6 Å². The topological polar surface area (TPSA) is 132 Å². The number of nitrogens with one attached hydrogen (secondary N) is 1. The van der Waals surface area contributed by atoms with Crippen molar-refractivity contribution in [2.24, 2.45) is 0 Å². The summed E-state index contributed by atoms with van der Waals surface area (Å²) in [6.07, 6.45) is 2.90. The molecule has 0 atom stereocenters. The van der Waals surface area contributed by atoms with Crippen molar-refractivity contribution in [1.29, 1.82) is 0 Å². The number of hydrogen-bond donors (Lipinski definition) is 2. The zero-order valence-corrected chi connectivity index (χ0v) is 12.6. The van der Waals surface area contributed by atoms with E-state index in [0.717, 1.165) is 12.1 Å². The number of carbonyl (C=O) groups excluding carboxylic acids is 1. The van der Waals surface area contributed by atoms with Crippen LogP contribution in [0.1, 0.15) is 32.1 Å². The number of unbranched alkanes of at least 4 members (excludes halogenated alkanes) is 1. The molecule has 1 amide bonds. The molecule has 1 rings (SSSR count). The number of amides is 1. The fourth-order valence-electron chi connectivity index (χ4n) is 1.92. The van der Waals surface area contributed by atoms with Crippen LogP contribution in [0.5, 0.6) is 0 Å². The van der Waals surface area contributed by atoms with Crippen LogP contribution >= 0.6 is 0 Å². The lowest BCUT2D eigenvalue weighted by Gasteiger charge is -2.06. The van der Waals surface area contributed by atoms with Crippen molar-refractivity contribution in [3.05, 3.63) is 38.8 Å². The van der Waals surface area contributed by atoms with E-state index in [1.807, 2.05) is 0 Å². The predicted octanol–water partition coefficient (Wildman–Crippen LogP) is 0.908. The van der Waals surface area contributed by atoms with Crippen molar-refractivity contribution in [3.63, 3.8) is 0 Å². The highest BCUT2D eigenvalue weighted by atomic mass is 16.6. The molecule has 0 aliphatic heterocycles. The molecule has 2 N–H and O–H groups in total. The Balaban J connectivity index is 2.28. The number of hydrogen-bond acceptors (Lipinski definition) is 5. The number of aliphatic carboxylic acids is 1. The van der Waals surface area contributed by atoms with Crippen LogP contribution in [0, 0.1) is 10.1 Å². The van der Waals surface area contributed by atoms with E-state index in [1.54, 1.807) is 0 Å². The third kappa shape index (κ3) is 7.21. The quantitative estimate of drug-likeness (QED) is 0.373. The highest BCUT2D eigenvalue weighted by molar-refractivity contribution is 5.75. The average Bonchev–Trinajstić information content (AvgIpc) is 2.49. The van der Waals surface area contributed by atoms with Gasteiger partial charge in [0.15, 0.2) is 0 Å². The Morgan fingerprint density at radius 2 is 1.96 bits per heavy atom. The zero-order valence-electron chi connectivity index (χ0n) is 12.6. The summed E-state index contributed by atoms with van der Waals surface area (Å²) in [5.74, 6) is -1.08. The molecule has 0 saturated carbocycles. The van der Waals surface area contributed by atoms with Crippen molar-refractivity contribution in [1.82, 2.24) is 9.88 Å². The minimum atomic E-state index is -0.901. The first-order valence-electron chi connectivity index (χ1n) is 7.23. The lowest BCUT2D eigenvalue weighted by atomic mass is 10.2. The molecule has 0 fully saturated rings. The molecule has 0 saturated heterocycles. The third-order valence-electron chi connectivity index (χ3n) is 3.12. The molecule has 23 heavy (non-hydrogen) atoms. The van der Waals surface area contributed by atoms with E-state index in [-0.39, 0.29) is 30.0 Å². The van der Waals surface area contributed by atoms with Gasteiger partial charge in [0.1, 0.15) is 0 Å². The number of carboxylic acid groups (broad SMARTS) is 1. The maximum absolute atomic E-state index is 11.6. The summed E-state index contributed by atoms with van der Waals surface area (Å²) in [6.45, 7) is 0.613. The Labute approximate surface area is 132 Å². The first-order chi connectivity index (χ1) is 10.9. The van der Waals surface area contributed by atoms with Crippen LogP contribution in [0.4, 0.5) is 5.69 Å². The molecule has 0 spiro atoms. The maximum Gasteiger partial charge on any atom is 0.303 e. The van der Waals surface area contributed by atoms with Gasteiger partial charge in [0.25, 0.3) is 11.2 Å². The van der Waals surface area contributed by atoms with Gasteiger partial charge in [0.2, 0.25) is 5.91 Å². The predicted molar refractivity (Wildman–Crippen MR) is 81.1 cm³/mol. The Morgan fingerprint density at radius 1 is 1.22 bits per heavy atom. The van der Waals surface area contributed by atoms with E-state index in [4.69, 9.17) is 5.11 Å². The third-order valence-corrected chi connectivity index (χ3v) is 3.12. The lowest BCUT2D eigenvalue weighted by molar-refractivity contribution is -0.385. The highest BCUT2D eigenvalue weighted by Gasteiger charge is 2.08. The molecule has 0 aliphatic rings. The zero-order chi connectivity index (χ0) is 17.2. The molecule has 9 heteroatoms. The molecule has 1 heterocycles. The molecule has 126 valence electrons. The van der Waals surface area contributed by atoms with Gasteiger partial charge in [0, 0.05) is 38.1 Å². The highest BCUT2D eigenvalue weighted by Crippen LogP contribution is 2.07. The molecular weight excluding hydrogens is 306 g/mol.